The largest absolute Gasteiger partial charge is 0.378 e. The molecule has 0 amide bonds. The number of rotatable bonds is 2. The van der Waals surface area contributed by atoms with Crippen LogP contribution in [-0.4, -0.2) is 37.2 Å². The van der Waals surface area contributed by atoms with Gasteiger partial charge in [0.1, 0.15) is 0 Å². The molecule has 1 aliphatic heterocycles. The molecule has 0 aliphatic carbocycles. The topological polar surface area (TPSA) is 12.5 Å². The van der Waals surface area contributed by atoms with E-state index in [1.54, 1.807) is 0 Å². The Morgan fingerprint density at radius 2 is 1.38 bits per heavy atom. The number of morpholine rings is 1. The summed E-state index contributed by atoms with van der Waals surface area (Å²) < 4.78 is 5.65. The molecule has 2 atom stereocenters. The first-order valence-corrected chi connectivity index (χ1v) is 5.33. The summed E-state index contributed by atoms with van der Waals surface area (Å²) in [6.45, 7) is 10.9. The van der Waals surface area contributed by atoms with Crippen LogP contribution in [0, 0.1) is 11.8 Å². The van der Waals surface area contributed by atoms with Crippen LogP contribution in [0.4, 0.5) is 0 Å². The van der Waals surface area contributed by atoms with E-state index < -0.39 is 0 Å². The van der Waals surface area contributed by atoms with Gasteiger partial charge < -0.3 is 4.74 Å². The first kappa shape index (κ1) is 11.0. The van der Waals surface area contributed by atoms with Crippen LogP contribution in [0.5, 0.6) is 0 Å². The maximum absolute atomic E-state index is 5.65. The predicted molar refractivity (Wildman–Crippen MR) is 55.8 cm³/mol. The Morgan fingerprint density at radius 3 is 1.69 bits per heavy atom. The van der Waals surface area contributed by atoms with Crippen LogP contribution in [0.15, 0.2) is 0 Å². The highest BCUT2D eigenvalue weighted by atomic mass is 16.5. The molecule has 1 fully saturated rings. The second kappa shape index (κ2) is 4.43. The van der Waals surface area contributed by atoms with Crippen molar-refractivity contribution >= 4 is 0 Å². The molecule has 13 heavy (non-hydrogen) atoms. The summed E-state index contributed by atoms with van der Waals surface area (Å²) in [5.74, 6) is 1.37. The van der Waals surface area contributed by atoms with Crippen molar-refractivity contribution in [3.05, 3.63) is 0 Å². The highest BCUT2D eigenvalue weighted by Crippen LogP contribution is 2.21. The molecule has 2 heteroatoms. The van der Waals surface area contributed by atoms with E-state index >= 15 is 0 Å². The standard InChI is InChI=1S/C11H23NO/c1-8(2)10-6-13-7-11(9(3)4)12(10)5/h8-11H,6-7H2,1-5H3. The van der Waals surface area contributed by atoms with Gasteiger partial charge in [-0.05, 0) is 18.9 Å². The van der Waals surface area contributed by atoms with Crippen LogP contribution in [0.1, 0.15) is 27.7 Å². The lowest BCUT2D eigenvalue weighted by atomic mass is 9.95. The zero-order valence-electron chi connectivity index (χ0n) is 9.58. The number of hydrogen-bond donors (Lipinski definition) is 0. The second-order valence-corrected chi connectivity index (χ2v) is 4.83. The van der Waals surface area contributed by atoms with E-state index in [1.165, 1.54) is 0 Å². The van der Waals surface area contributed by atoms with Crippen molar-refractivity contribution in [3.63, 3.8) is 0 Å². The molecule has 1 saturated heterocycles. The SMILES string of the molecule is CC(C)C1COCC(C(C)C)N1C. The smallest absolute Gasteiger partial charge is 0.0625 e. The van der Waals surface area contributed by atoms with Crippen molar-refractivity contribution in [2.24, 2.45) is 11.8 Å². The summed E-state index contributed by atoms with van der Waals surface area (Å²) in [6, 6.07) is 1.20. The van der Waals surface area contributed by atoms with E-state index in [9.17, 15) is 0 Å². The first-order valence-electron chi connectivity index (χ1n) is 5.33. The summed E-state index contributed by atoms with van der Waals surface area (Å²) in [4.78, 5) is 2.50. The Morgan fingerprint density at radius 1 is 1.00 bits per heavy atom. The predicted octanol–water partition coefficient (Wildman–Crippen LogP) is 2.00. The maximum Gasteiger partial charge on any atom is 0.0625 e. The molecule has 0 N–H and O–H groups in total. The van der Waals surface area contributed by atoms with E-state index in [-0.39, 0.29) is 0 Å². The van der Waals surface area contributed by atoms with Gasteiger partial charge in [0.2, 0.25) is 0 Å². The Hall–Kier alpha value is -0.0800. The lowest BCUT2D eigenvalue weighted by Crippen LogP contribution is -2.54. The first-order chi connectivity index (χ1) is 6.04. The van der Waals surface area contributed by atoms with Crippen LogP contribution in [0.2, 0.25) is 0 Å². The Balaban J connectivity index is 2.60. The summed E-state index contributed by atoms with van der Waals surface area (Å²) in [5.41, 5.74) is 0. The van der Waals surface area contributed by atoms with Crippen LogP contribution >= 0.6 is 0 Å². The van der Waals surface area contributed by atoms with Crippen molar-refractivity contribution in [1.82, 2.24) is 4.90 Å². The fraction of sp³-hybridized carbons (Fsp3) is 1.00. The van der Waals surface area contributed by atoms with Crippen molar-refractivity contribution in [2.75, 3.05) is 20.3 Å². The number of ether oxygens (including phenoxy) is 1. The van der Waals surface area contributed by atoms with Crippen LogP contribution in [0.25, 0.3) is 0 Å². The molecule has 2 unspecified atom stereocenters. The minimum absolute atomic E-state index is 0.598. The molecule has 0 saturated carbocycles. The van der Waals surface area contributed by atoms with E-state index in [0.29, 0.717) is 23.9 Å². The Bertz CT molecular complexity index is 140. The lowest BCUT2D eigenvalue weighted by molar-refractivity contribution is -0.0646. The van der Waals surface area contributed by atoms with Crippen molar-refractivity contribution in [2.45, 2.75) is 39.8 Å². The average molecular weight is 185 g/mol. The van der Waals surface area contributed by atoms with E-state index in [1.807, 2.05) is 0 Å². The van der Waals surface area contributed by atoms with Gasteiger partial charge in [-0.3, -0.25) is 4.90 Å². The van der Waals surface area contributed by atoms with Gasteiger partial charge in [0, 0.05) is 12.1 Å². The molecule has 0 radical (unpaired) electrons. The molecule has 1 aliphatic rings. The molecule has 0 aromatic heterocycles. The molecular weight excluding hydrogens is 162 g/mol. The monoisotopic (exact) mass is 185 g/mol. The molecule has 78 valence electrons. The molecular formula is C11H23NO. The van der Waals surface area contributed by atoms with E-state index in [4.69, 9.17) is 4.74 Å². The molecule has 1 rings (SSSR count). The molecule has 0 bridgehead atoms. The highest BCUT2D eigenvalue weighted by molar-refractivity contribution is 4.84. The zero-order chi connectivity index (χ0) is 10.0. The van der Waals surface area contributed by atoms with Crippen LogP contribution in [0.3, 0.4) is 0 Å². The zero-order valence-corrected chi connectivity index (χ0v) is 9.58. The third-order valence-electron chi connectivity index (χ3n) is 3.16. The molecule has 0 aromatic carbocycles. The normalized spacial score (nSPS) is 31.6. The molecule has 2 nitrogen and oxygen atoms in total. The summed E-state index contributed by atoms with van der Waals surface area (Å²) in [6.07, 6.45) is 0. The van der Waals surface area contributed by atoms with Crippen molar-refractivity contribution < 1.29 is 4.74 Å². The third kappa shape index (κ3) is 2.44. The fourth-order valence-electron chi connectivity index (χ4n) is 2.12. The van der Waals surface area contributed by atoms with Gasteiger partial charge in [-0.15, -0.1) is 0 Å². The number of likely N-dealkylation sites (N-methyl/N-ethyl adjacent to an activating group) is 1. The summed E-state index contributed by atoms with van der Waals surface area (Å²) in [5, 5.41) is 0. The van der Waals surface area contributed by atoms with Crippen LogP contribution in [-0.2, 0) is 4.74 Å². The number of nitrogens with zero attached hydrogens (tertiary/aromatic N) is 1. The minimum Gasteiger partial charge on any atom is -0.378 e. The Kier molecular flexibility index (Phi) is 3.74. The minimum atomic E-state index is 0.598. The van der Waals surface area contributed by atoms with E-state index in [0.717, 1.165) is 13.2 Å². The molecule has 1 heterocycles. The van der Waals surface area contributed by atoms with Gasteiger partial charge in [-0.25, -0.2) is 0 Å². The Labute approximate surface area is 82.3 Å². The number of hydrogen-bond acceptors (Lipinski definition) is 2. The highest BCUT2D eigenvalue weighted by Gasteiger charge is 2.31. The van der Waals surface area contributed by atoms with Crippen molar-refractivity contribution in [3.8, 4) is 0 Å². The van der Waals surface area contributed by atoms with Gasteiger partial charge in [-0.2, -0.15) is 0 Å². The van der Waals surface area contributed by atoms with Crippen molar-refractivity contribution in [1.29, 1.82) is 0 Å². The summed E-state index contributed by atoms with van der Waals surface area (Å²) in [7, 11) is 2.23. The molecule has 0 aromatic rings. The van der Waals surface area contributed by atoms with Gasteiger partial charge in [0.15, 0.2) is 0 Å². The van der Waals surface area contributed by atoms with Gasteiger partial charge in [0.25, 0.3) is 0 Å². The third-order valence-corrected chi connectivity index (χ3v) is 3.16. The second-order valence-electron chi connectivity index (χ2n) is 4.83. The molecule has 0 spiro atoms. The van der Waals surface area contributed by atoms with Gasteiger partial charge in [0.05, 0.1) is 13.2 Å². The lowest BCUT2D eigenvalue weighted by Gasteiger charge is -2.43. The van der Waals surface area contributed by atoms with Crippen LogP contribution < -0.4 is 0 Å². The average Bonchev–Trinajstić information content (AvgIpc) is 2.03. The summed E-state index contributed by atoms with van der Waals surface area (Å²) >= 11 is 0. The maximum atomic E-state index is 5.65. The van der Waals surface area contributed by atoms with Gasteiger partial charge >= 0.3 is 0 Å². The quantitative estimate of drug-likeness (QED) is 0.652. The van der Waals surface area contributed by atoms with Gasteiger partial charge in [-0.1, -0.05) is 27.7 Å². The van der Waals surface area contributed by atoms with E-state index in [2.05, 4.69) is 39.6 Å². The fourth-order valence-corrected chi connectivity index (χ4v) is 2.12.